The first-order chi connectivity index (χ1) is 16.4. The highest BCUT2D eigenvalue weighted by Crippen LogP contribution is 2.41. The zero-order valence-electron chi connectivity index (χ0n) is 21.1. The second-order valence-electron chi connectivity index (χ2n) is 10.8. The molecule has 3 aliphatic rings. The highest BCUT2D eigenvalue weighted by Gasteiger charge is 2.42. The van der Waals surface area contributed by atoms with Crippen LogP contribution in [0.1, 0.15) is 101 Å². The second-order valence-corrected chi connectivity index (χ2v) is 10.8. The molecule has 1 N–H and O–H groups in total. The van der Waals surface area contributed by atoms with Crippen molar-refractivity contribution >= 4 is 5.71 Å². The van der Waals surface area contributed by atoms with Crippen molar-refractivity contribution in [2.75, 3.05) is 13.1 Å². The fourth-order valence-electron chi connectivity index (χ4n) is 5.87. The zero-order valence-corrected chi connectivity index (χ0v) is 21.1. The summed E-state index contributed by atoms with van der Waals surface area (Å²) in [6.07, 6.45) is 7.54. The Labute approximate surface area is 203 Å². The predicted octanol–water partition coefficient (Wildman–Crippen LogP) is 5.25. The molecule has 7 heteroatoms. The molecule has 34 heavy (non-hydrogen) atoms. The van der Waals surface area contributed by atoms with Crippen LogP contribution in [-0.4, -0.2) is 39.2 Å². The van der Waals surface area contributed by atoms with Gasteiger partial charge in [0, 0.05) is 38.1 Å². The molecule has 1 spiro atoms. The van der Waals surface area contributed by atoms with Crippen molar-refractivity contribution < 1.29 is 9.57 Å². The lowest BCUT2D eigenvalue weighted by Crippen LogP contribution is -2.42. The molecule has 1 saturated carbocycles. The van der Waals surface area contributed by atoms with Crippen molar-refractivity contribution in [3.8, 4) is 5.75 Å². The monoisotopic (exact) mass is 465 g/mol. The number of hydrogen-bond donors (Lipinski definition) is 1. The molecule has 5 rings (SSSR count). The van der Waals surface area contributed by atoms with E-state index in [1.54, 1.807) is 0 Å². The highest BCUT2D eigenvalue weighted by atomic mass is 16.7. The fraction of sp³-hybridized carbons (Fsp3) is 0.667. The van der Waals surface area contributed by atoms with Gasteiger partial charge in [0.1, 0.15) is 17.2 Å². The topological polar surface area (TPSA) is 73.6 Å². The molecular formula is C27H39N5O2. The standard InChI is InChI=1S/C27H39N5O2/c1-18(2)22-6-5-7-23(16-22)33-19(3)25-29-30-26(32(25)4)21-10-8-20(9-11-21)24-17-27(34-31-24)12-14-28-15-13-27/h5-7,16,18-21,28H,8-15,17H2,1-4H3/t19-,20-,21-/m1/s1. The Balaban J connectivity index is 1.19. The van der Waals surface area contributed by atoms with Gasteiger partial charge in [-0.1, -0.05) is 31.1 Å². The summed E-state index contributed by atoms with van der Waals surface area (Å²) < 4.78 is 8.41. The Morgan fingerprint density at radius 1 is 1.06 bits per heavy atom. The molecule has 0 bridgehead atoms. The zero-order chi connectivity index (χ0) is 23.7. The van der Waals surface area contributed by atoms with Gasteiger partial charge in [0.05, 0.1) is 5.71 Å². The first kappa shape index (κ1) is 23.3. The summed E-state index contributed by atoms with van der Waals surface area (Å²) in [5, 5.41) is 17.2. The van der Waals surface area contributed by atoms with Crippen molar-refractivity contribution in [1.29, 1.82) is 0 Å². The van der Waals surface area contributed by atoms with Crippen LogP contribution in [0.2, 0.25) is 0 Å². The van der Waals surface area contributed by atoms with Gasteiger partial charge in [-0.3, -0.25) is 0 Å². The Hall–Kier alpha value is -2.41. The fourth-order valence-corrected chi connectivity index (χ4v) is 5.87. The van der Waals surface area contributed by atoms with Gasteiger partial charge in [0.2, 0.25) is 0 Å². The summed E-state index contributed by atoms with van der Waals surface area (Å²) in [6.45, 7) is 8.53. The third-order valence-electron chi connectivity index (χ3n) is 8.08. The summed E-state index contributed by atoms with van der Waals surface area (Å²) in [5.74, 6) is 4.31. The van der Waals surface area contributed by atoms with Gasteiger partial charge in [0.25, 0.3) is 0 Å². The molecule has 7 nitrogen and oxygen atoms in total. The number of oxime groups is 1. The van der Waals surface area contributed by atoms with E-state index in [0.29, 0.717) is 17.8 Å². The van der Waals surface area contributed by atoms with Gasteiger partial charge in [-0.05, 0) is 69.3 Å². The molecule has 1 atom stereocenters. The molecular weight excluding hydrogens is 426 g/mol. The minimum absolute atomic E-state index is 0.0270. The lowest BCUT2D eigenvalue weighted by molar-refractivity contribution is -0.0400. The van der Waals surface area contributed by atoms with Crippen molar-refractivity contribution in [2.24, 2.45) is 18.1 Å². The van der Waals surface area contributed by atoms with E-state index in [1.165, 1.54) is 11.3 Å². The number of aromatic nitrogens is 3. The maximum Gasteiger partial charge on any atom is 0.173 e. The van der Waals surface area contributed by atoms with E-state index in [1.807, 2.05) is 6.07 Å². The summed E-state index contributed by atoms with van der Waals surface area (Å²) >= 11 is 0. The van der Waals surface area contributed by atoms with E-state index in [-0.39, 0.29) is 11.7 Å². The Bertz CT molecular complexity index is 1020. The van der Waals surface area contributed by atoms with Crippen LogP contribution in [-0.2, 0) is 11.9 Å². The number of hydrogen-bond acceptors (Lipinski definition) is 6. The number of piperidine rings is 1. The average Bonchev–Trinajstić information content (AvgIpc) is 3.43. The molecule has 184 valence electrons. The SMILES string of the molecule is CC(C)c1cccc(O[C@H](C)c2nnc([C@H]3CC[C@H](C4=NOC5(CCNCC5)C4)CC3)n2C)c1. The van der Waals surface area contributed by atoms with Crippen LogP contribution in [0.5, 0.6) is 5.75 Å². The van der Waals surface area contributed by atoms with Crippen LogP contribution in [0.3, 0.4) is 0 Å². The van der Waals surface area contributed by atoms with Gasteiger partial charge in [0.15, 0.2) is 11.9 Å². The van der Waals surface area contributed by atoms with Crippen LogP contribution >= 0.6 is 0 Å². The second kappa shape index (κ2) is 9.68. The minimum atomic E-state index is -0.156. The molecule has 3 heterocycles. The van der Waals surface area contributed by atoms with Crippen LogP contribution in [0.15, 0.2) is 29.4 Å². The van der Waals surface area contributed by atoms with Crippen LogP contribution in [0.4, 0.5) is 0 Å². The molecule has 0 amide bonds. The van der Waals surface area contributed by atoms with Crippen molar-refractivity contribution in [2.45, 2.75) is 89.3 Å². The lowest BCUT2D eigenvalue weighted by atomic mass is 9.76. The first-order valence-corrected chi connectivity index (χ1v) is 13.1. The molecule has 0 unspecified atom stereocenters. The maximum absolute atomic E-state index is 6.25. The Morgan fingerprint density at radius 3 is 2.53 bits per heavy atom. The van der Waals surface area contributed by atoms with Gasteiger partial charge in [-0.25, -0.2) is 0 Å². The molecule has 1 aliphatic carbocycles. The summed E-state index contributed by atoms with van der Waals surface area (Å²) in [6, 6.07) is 8.35. The Morgan fingerprint density at radius 2 is 1.79 bits per heavy atom. The number of nitrogens with zero attached hydrogens (tertiary/aromatic N) is 4. The molecule has 1 aromatic carbocycles. The van der Waals surface area contributed by atoms with E-state index in [2.05, 4.69) is 71.3 Å². The van der Waals surface area contributed by atoms with E-state index >= 15 is 0 Å². The molecule has 0 radical (unpaired) electrons. The van der Waals surface area contributed by atoms with E-state index in [4.69, 9.17) is 9.57 Å². The van der Waals surface area contributed by atoms with Crippen LogP contribution in [0.25, 0.3) is 0 Å². The third kappa shape index (κ3) is 4.72. The van der Waals surface area contributed by atoms with Gasteiger partial charge < -0.3 is 19.5 Å². The van der Waals surface area contributed by atoms with Gasteiger partial charge in [-0.2, -0.15) is 0 Å². The first-order valence-electron chi connectivity index (χ1n) is 13.1. The van der Waals surface area contributed by atoms with Crippen LogP contribution in [0, 0.1) is 5.92 Å². The highest BCUT2D eigenvalue weighted by molar-refractivity contribution is 5.88. The number of ether oxygens (including phenoxy) is 1. The van der Waals surface area contributed by atoms with Crippen molar-refractivity contribution in [3.63, 3.8) is 0 Å². The molecule has 2 aromatic rings. The smallest absolute Gasteiger partial charge is 0.173 e. The summed E-state index contributed by atoms with van der Waals surface area (Å²) in [4.78, 5) is 5.98. The number of rotatable bonds is 6. The van der Waals surface area contributed by atoms with Crippen molar-refractivity contribution in [3.05, 3.63) is 41.5 Å². The Kier molecular flexibility index (Phi) is 6.65. The van der Waals surface area contributed by atoms with E-state index < -0.39 is 0 Å². The quantitative estimate of drug-likeness (QED) is 0.631. The van der Waals surface area contributed by atoms with Crippen LogP contribution < -0.4 is 10.1 Å². The van der Waals surface area contributed by atoms with E-state index in [0.717, 1.165) is 75.4 Å². The van der Waals surface area contributed by atoms with Gasteiger partial charge in [-0.15, -0.1) is 10.2 Å². The molecule has 2 aliphatic heterocycles. The maximum atomic E-state index is 6.25. The molecule has 1 aromatic heterocycles. The molecule has 2 fully saturated rings. The van der Waals surface area contributed by atoms with Gasteiger partial charge >= 0.3 is 0 Å². The number of nitrogens with one attached hydrogen (secondary N) is 1. The normalized spacial score (nSPS) is 25.3. The largest absolute Gasteiger partial charge is 0.483 e. The summed E-state index contributed by atoms with van der Waals surface area (Å²) in [7, 11) is 2.08. The summed E-state index contributed by atoms with van der Waals surface area (Å²) in [5.41, 5.74) is 2.55. The lowest BCUT2D eigenvalue weighted by Gasteiger charge is -2.32. The predicted molar refractivity (Wildman–Crippen MR) is 133 cm³/mol. The number of benzene rings is 1. The minimum Gasteiger partial charge on any atom is -0.483 e. The average molecular weight is 466 g/mol. The molecule has 1 saturated heterocycles. The third-order valence-corrected chi connectivity index (χ3v) is 8.08. The van der Waals surface area contributed by atoms with Crippen molar-refractivity contribution in [1.82, 2.24) is 20.1 Å². The van der Waals surface area contributed by atoms with E-state index in [9.17, 15) is 0 Å².